The molecule has 0 radical (unpaired) electrons. The molecule has 2 fully saturated rings. The average molecular weight is 341 g/mol. The van der Waals surface area contributed by atoms with Crippen molar-refractivity contribution in [1.82, 2.24) is 9.88 Å². The van der Waals surface area contributed by atoms with Gasteiger partial charge in [-0.05, 0) is 31.2 Å². The molecular formula is C19H23N3OS. The van der Waals surface area contributed by atoms with Crippen molar-refractivity contribution in [1.29, 1.82) is 0 Å². The van der Waals surface area contributed by atoms with Gasteiger partial charge in [0.25, 0.3) is 0 Å². The molecule has 0 unspecified atom stereocenters. The summed E-state index contributed by atoms with van der Waals surface area (Å²) in [6, 6.07) is 10.4. The Morgan fingerprint density at radius 1 is 1.04 bits per heavy atom. The first-order valence-electron chi connectivity index (χ1n) is 8.86. The highest BCUT2D eigenvalue weighted by atomic mass is 32.1. The van der Waals surface area contributed by atoms with Gasteiger partial charge in [-0.25, -0.2) is 4.98 Å². The molecule has 0 spiro atoms. The largest absolute Gasteiger partial charge is 0.348 e. The van der Waals surface area contributed by atoms with Gasteiger partial charge in [-0.3, -0.25) is 4.79 Å². The highest BCUT2D eigenvalue weighted by molar-refractivity contribution is 7.18. The number of benzene rings is 1. The minimum atomic E-state index is 0.216. The third-order valence-corrected chi connectivity index (χ3v) is 6.19. The number of carbonyl (C=O) groups excluding carboxylic acids is 1. The first kappa shape index (κ1) is 15.6. The van der Waals surface area contributed by atoms with Gasteiger partial charge in [0.15, 0.2) is 5.13 Å². The quantitative estimate of drug-likeness (QED) is 0.855. The van der Waals surface area contributed by atoms with E-state index in [1.54, 1.807) is 11.3 Å². The van der Waals surface area contributed by atoms with Crippen molar-refractivity contribution in [3.05, 3.63) is 36.5 Å². The zero-order valence-corrected chi connectivity index (χ0v) is 14.7. The number of aromatic nitrogens is 1. The molecule has 0 atom stereocenters. The Labute approximate surface area is 147 Å². The molecule has 2 aliphatic rings. The summed E-state index contributed by atoms with van der Waals surface area (Å²) in [7, 11) is 0. The van der Waals surface area contributed by atoms with Crippen LogP contribution >= 0.6 is 11.3 Å². The summed E-state index contributed by atoms with van der Waals surface area (Å²) in [5.74, 6) is 0.601. The van der Waals surface area contributed by atoms with Crippen LogP contribution in [0.5, 0.6) is 0 Å². The zero-order valence-electron chi connectivity index (χ0n) is 13.9. The lowest BCUT2D eigenvalue weighted by atomic mass is 9.95. The monoisotopic (exact) mass is 341 g/mol. The molecule has 4 rings (SSSR count). The van der Waals surface area contributed by atoms with Gasteiger partial charge in [-0.15, -0.1) is 0 Å². The molecule has 2 aromatic rings. The Hall–Kier alpha value is -1.88. The number of hydrogen-bond acceptors (Lipinski definition) is 4. The van der Waals surface area contributed by atoms with Crippen LogP contribution in [0.15, 0.2) is 36.5 Å². The van der Waals surface area contributed by atoms with Gasteiger partial charge in [0, 0.05) is 38.3 Å². The number of carbonyl (C=O) groups is 1. The number of amides is 1. The summed E-state index contributed by atoms with van der Waals surface area (Å²) in [5.41, 5.74) is 1.22. The van der Waals surface area contributed by atoms with Crippen molar-refractivity contribution in [3.63, 3.8) is 0 Å². The molecular weight excluding hydrogens is 318 g/mol. The van der Waals surface area contributed by atoms with E-state index in [-0.39, 0.29) is 5.92 Å². The van der Waals surface area contributed by atoms with Crippen LogP contribution in [0.25, 0.3) is 10.4 Å². The third kappa shape index (κ3) is 3.18. The Balaban J connectivity index is 1.38. The van der Waals surface area contributed by atoms with Crippen molar-refractivity contribution in [2.75, 3.05) is 31.1 Å². The number of thiazole rings is 1. The van der Waals surface area contributed by atoms with Crippen molar-refractivity contribution in [2.45, 2.75) is 25.7 Å². The standard InChI is InChI=1S/C19H23N3OS/c23-18(21-10-4-5-11-21)16-8-12-22(13-9-16)19-20-14-17(24-19)15-6-2-1-3-7-15/h1-3,6-7,14,16H,4-5,8-13H2. The second-order valence-electron chi connectivity index (χ2n) is 6.67. The van der Waals surface area contributed by atoms with E-state index in [9.17, 15) is 4.79 Å². The van der Waals surface area contributed by atoms with E-state index in [4.69, 9.17) is 0 Å². The summed E-state index contributed by atoms with van der Waals surface area (Å²) < 4.78 is 0. The lowest BCUT2D eigenvalue weighted by Crippen LogP contribution is -2.41. The number of hydrogen-bond donors (Lipinski definition) is 0. The molecule has 1 aromatic carbocycles. The number of piperidine rings is 1. The number of nitrogens with zero attached hydrogens (tertiary/aromatic N) is 3. The van der Waals surface area contributed by atoms with Crippen molar-refractivity contribution in [2.24, 2.45) is 5.92 Å². The second kappa shape index (κ2) is 6.93. The molecule has 0 bridgehead atoms. The number of likely N-dealkylation sites (tertiary alicyclic amines) is 1. The smallest absolute Gasteiger partial charge is 0.225 e. The molecule has 5 heteroatoms. The molecule has 0 aliphatic carbocycles. The maximum absolute atomic E-state index is 12.5. The van der Waals surface area contributed by atoms with Crippen LogP contribution in [-0.2, 0) is 4.79 Å². The van der Waals surface area contributed by atoms with Crippen LogP contribution < -0.4 is 4.90 Å². The minimum Gasteiger partial charge on any atom is -0.348 e. The molecule has 4 nitrogen and oxygen atoms in total. The lowest BCUT2D eigenvalue weighted by molar-refractivity contribution is -0.135. The average Bonchev–Trinajstić information content (AvgIpc) is 3.34. The fourth-order valence-electron chi connectivity index (χ4n) is 3.66. The van der Waals surface area contributed by atoms with Crippen LogP contribution in [-0.4, -0.2) is 42.0 Å². The molecule has 0 saturated carbocycles. The highest BCUT2D eigenvalue weighted by Gasteiger charge is 2.30. The summed E-state index contributed by atoms with van der Waals surface area (Å²) in [4.78, 5) is 22.8. The van der Waals surface area contributed by atoms with Gasteiger partial charge in [-0.1, -0.05) is 41.7 Å². The van der Waals surface area contributed by atoms with E-state index in [2.05, 4.69) is 39.0 Å². The fourth-order valence-corrected chi connectivity index (χ4v) is 4.63. The van der Waals surface area contributed by atoms with E-state index >= 15 is 0 Å². The third-order valence-electron chi connectivity index (χ3n) is 5.08. The van der Waals surface area contributed by atoms with E-state index in [0.29, 0.717) is 5.91 Å². The Morgan fingerprint density at radius 2 is 1.75 bits per heavy atom. The zero-order chi connectivity index (χ0) is 16.4. The van der Waals surface area contributed by atoms with Crippen LogP contribution in [0, 0.1) is 5.92 Å². The van der Waals surface area contributed by atoms with Crippen LogP contribution in [0.1, 0.15) is 25.7 Å². The topological polar surface area (TPSA) is 36.4 Å². The molecule has 2 aliphatic heterocycles. The van der Waals surface area contributed by atoms with Crippen molar-refractivity contribution < 1.29 is 4.79 Å². The fraction of sp³-hybridized carbons (Fsp3) is 0.474. The lowest BCUT2D eigenvalue weighted by Gasteiger charge is -2.32. The van der Waals surface area contributed by atoms with E-state index < -0.39 is 0 Å². The first-order chi connectivity index (χ1) is 11.8. The maximum Gasteiger partial charge on any atom is 0.225 e. The van der Waals surface area contributed by atoms with Gasteiger partial charge < -0.3 is 9.80 Å². The molecule has 0 N–H and O–H groups in total. The normalized spacial score (nSPS) is 19.0. The van der Waals surface area contributed by atoms with E-state index in [1.807, 2.05) is 12.3 Å². The summed E-state index contributed by atoms with van der Waals surface area (Å²) >= 11 is 1.75. The Kier molecular flexibility index (Phi) is 4.52. The predicted molar refractivity (Wildman–Crippen MR) is 98.3 cm³/mol. The SMILES string of the molecule is O=C(C1CCN(c2ncc(-c3ccccc3)s2)CC1)N1CCCC1. The van der Waals surface area contributed by atoms with Gasteiger partial charge in [-0.2, -0.15) is 0 Å². The molecule has 2 saturated heterocycles. The second-order valence-corrected chi connectivity index (χ2v) is 7.68. The van der Waals surface area contributed by atoms with Gasteiger partial charge in [0.05, 0.1) is 4.88 Å². The number of anilines is 1. The highest BCUT2D eigenvalue weighted by Crippen LogP contribution is 2.33. The number of rotatable bonds is 3. The van der Waals surface area contributed by atoms with E-state index in [1.165, 1.54) is 23.3 Å². The molecule has 1 aromatic heterocycles. The van der Waals surface area contributed by atoms with Crippen LogP contribution in [0.4, 0.5) is 5.13 Å². The minimum absolute atomic E-state index is 0.216. The molecule has 1 amide bonds. The van der Waals surface area contributed by atoms with E-state index in [0.717, 1.165) is 44.2 Å². The Morgan fingerprint density at radius 3 is 2.46 bits per heavy atom. The van der Waals surface area contributed by atoms with Crippen LogP contribution in [0.3, 0.4) is 0 Å². The van der Waals surface area contributed by atoms with Gasteiger partial charge >= 0.3 is 0 Å². The van der Waals surface area contributed by atoms with Crippen molar-refractivity contribution >= 4 is 22.4 Å². The summed E-state index contributed by atoms with van der Waals surface area (Å²) in [6.45, 7) is 3.80. The summed E-state index contributed by atoms with van der Waals surface area (Å²) in [5, 5.41) is 1.08. The first-order valence-corrected chi connectivity index (χ1v) is 9.68. The van der Waals surface area contributed by atoms with Crippen LogP contribution in [0.2, 0.25) is 0 Å². The summed E-state index contributed by atoms with van der Waals surface area (Å²) in [6.07, 6.45) is 6.22. The molecule has 24 heavy (non-hydrogen) atoms. The van der Waals surface area contributed by atoms with Gasteiger partial charge in [0.1, 0.15) is 0 Å². The predicted octanol–water partition coefficient (Wildman–Crippen LogP) is 3.65. The maximum atomic E-state index is 12.5. The Bertz CT molecular complexity index is 686. The molecule has 126 valence electrons. The van der Waals surface area contributed by atoms with Crippen molar-refractivity contribution in [3.8, 4) is 10.4 Å². The molecule has 3 heterocycles. The van der Waals surface area contributed by atoms with Gasteiger partial charge in [0.2, 0.25) is 5.91 Å².